The molecule has 2 aliphatic rings. The smallest absolute Gasteiger partial charge is 0.280 e. The van der Waals surface area contributed by atoms with Crippen molar-refractivity contribution in [1.82, 2.24) is 25.4 Å². The maximum atomic E-state index is 14.6. The van der Waals surface area contributed by atoms with Gasteiger partial charge in [0.15, 0.2) is 10.8 Å². The van der Waals surface area contributed by atoms with Crippen molar-refractivity contribution in [2.75, 3.05) is 27.7 Å². The molecule has 194 valence electrons. The minimum Gasteiger partial charge on any atom is -0.349 e. The van der Waals surface area contributed by atoms with E-state index in [1.807, 2.05) is 7.05 Å². The number of hydrogen-bond acceptors (Lipinski definition) is 7. The summed E-state index contributed by atoms with van der Waals surface area (Å²) in [6.07, 6.45) is 3.22. The van der Waals surface area contributed by atoms with Gasteiger partial charge in [-0.15, -0.1) is 22.7 Å². The summed E-state index contributed by atoms with van der Waals surface area (Å²) in [6.45, 7) is 1.64. The molecule has 8 nitrogen and oxygen atoms in total. The molecule has 0 saturated heterocycles. The van der Waals surface area contributed by atoms with Crippen LogP contribution < -0.4 is 10.6 Å². The van der Waals surface area contributed by atoms with Gasteiger partial charge in [0.1, 0.15) is 0 Å². The number of rotatable bonds is 6. The van der Waals surface area contributed by atoms with Crippen molar-refractivity contribution in [1.29, 1.82) is 0 Å². The van der Waals surface area contributed by atoms with Crippen LogP contribution in [0, 0.1) is 5.92 Å². The molecule has 3 atom stereocenters. The third-order valence-corrected chi connectivity index (χ3v) is 8.73. The van der Waals surface area contributed by atoms with Crippen molar-refractivity contribution in [2.45, 2.75) is 44.3 Å². The fourth-order valence-corrected chi connectivity index (χ4v) is 6.66. The van der Waals surface area contributed by atoms with Gasteiger partial charge in [-0.2, -0.15) is 0 Å². The Balaban J connectivity index is 1.49. The van der Waals surface area contributed by atoms with Gasteiger partial charge in [-0.25, -0.2) is 9.37 Å². The highest BCUT2D eigenvalue weighted by Crippen LogP contribution is 2.29. The largest absolute Gasteiger partial charge is 0.349 e. The summed E-state index contributed by atoms with van der Waals surface area (Å²) in [4.78, 5) is 48.3. The van der Waals surface area contributed by atoms with E-state index in [1.54, 1.807) is 26.2 Å². The highest BCUT2D eigenvalue weighted by Gasteiger charge is 2.37. The zero-order valence-electron chi connectivity index (χ0n) is 20.3. The van der Waals surface area contributed by atoms with E-state index in [-0.39, 0.29) is 17.7 Å². The summed E-state index contributed by atoms with van der Waals surface area (Å²) in [5, 5.41) is 6.06. The van der Waals surface area contributed by atoms with Crippen molar-refractivity contribution >= 4 is 58.1 Å². The highest BCUT2D eigenvalue weighted by atomic mass is 35.5. The molecule has 0 bridgehead atoms. The van der Waals surface area contributed by atoms with Crippen molar-refractivity contribution in [3.8, 4) is 0 Å². The molecular formula is C24H29ClFN5O3S2. The molecule has 1 unspecified atom stereocenters. The Hall–Kier alpha value is -2.34. The van der Waals surface area contributed by atoms with Gasteiger partial charge < -0.3 is 20.4 Å². The van der Waals surface area contributed by atoms with Crippen molar-refractivity contribution in [2.24, 2.45) is 5.92 Å². The Morgan fingerprint density at radius 1 is 1.19 bits per heavy atom. The molecule has 0 radical (unpaired) electrons. The van der Waals surface area contributed by atoms with E-state index in [9.17, 15) is 18.8 Å². The number of nitrogens with zero attached hydrogens (tertiary/aromatic N) is 3. The van der Waals surface area contributed by atoms with Crippen LogP contribution in [0.3, 0.4) is 0 Å². The topological polar surface area (TPSA) is 94.6 Å². The lowest BCUT2D eigenvalue weighted by molar-refractivity contribution is -0.134. The van der Waals surface area contributed by atoms with Gasteiger partial charge in [-0.1, -0.05) is 11.6 Å². The van der Waals surface area contributed by atoms with Gasteiger partial charge >= 0.3 is 0 Å². The maximum Gasteiger partial charge on any atom is 0.280 e. The van der Waals surface area contributed by atoms with E-state index in [0.29, 0.717) is 33.5 Å². The number of carbonyl (C=O) groups excluding carboxylic acids is 3. The average molecular weight is 554 g/mol. The van der Waals surface area contributed by atoms with E-state index in [1.165, 1.54) is 16.2 Å². The molecule has 12 heteroatoms. The number of thiophene rings is 1. The summed E-state index contributed by atoms with van der Waals surface area (Å²) < 4.78 is 15.1. The second kappa shape index (κ2) is 11.4. The highest BCUT2D eigenvalue weighted by molar-refractivity contribution is 7.17. The van der Waals surface area contributed by atoms with Gasteiger partial charge in [0.2, 0.25) is 5.91 Å². The standard InChI is InChI=1S/C24H29ClFN5O3S2/c1-30(2)24(34)13-4-6-16(27-21(32)15(26)11-14-5-7-20(25)35-14)18(10-13)28-22(33)23-29-17-8-9-31(3)12-19(17)36-23/h5,7,11,13,16,18H,4,6,8-10,12H2,1-3H3,(H,27,32)(H,28,33)/b15-11-/t13?,16-,18+/m0/s1. The number of likely N-dealkylation sites (N-methyl/N-ethyl adjacent to an activating group) is 1. The predicted molar refractivity (Wildman–Crippen MR) is 140 cm³/mol. The number of thiazole rings is 1. The number of halogens is 2. The number of hydrogen-bond donors (Lipinski definition) is 2. The average Bonchev–Trinajstić information content (AvgIpc) is 3.44. The zero-order valence-corrected chi connectivity index (χ0v) is 22.7. The lowest BCUT2D eigenvalue weighted by Gasteiger charge is -2.37. The van der Waals surface area contributed by atoms with E-state index in [2.05, 4.69) is 20.5 Å². The number of amides is 3. The predicted octanol–water partition coefficient (Wildman–Crippen LogP) is 3.33. The molecule has 1 fully saturated rings. The number of aromatic nitrogens is 1. The second-order valence-corrected chi connectivity index (χ2v) is 12.2. The molecule has 1 aliphatic carbocycles. The van der Waals surface area contributed by atoms with Crippen LogP contribution in [0.1, 0.15) is 44.5 Å². The van der Waals surface area contributed by atoms with Crippen LogP contribution >= 0.6 is 34.3 Å². The molecule has 0 spiro atoms. The number of carbonyl (C=O) groups is 3. The summed E-state index contributed by atoms with van der Waals surface area (Å²) in [5.41, 5.74) is 0.943. The number of fused-ring (bicyclic) bond motifs is 1. The molecule has 1 saturated carbocycles. The first kappa shape index (κ1) is 26.7. The monoisotopic (exact) mass is 553 g/mol. The van der Waals surface area contributed by atoms with Crippen molar-refractivity contribution < 1.29 is 18.8 Å². The van der Waals surface area contributed by atoms with E-state index in [0.717, 1.165) is 47.5 Å². The fourth-order valence-electron chi connectivity index (χ4n) is 4.58. The first-order chi connectivity index (χ1) is 17.1. The molecule has 2 N–H and O–H groups in total. The third-order valence-electron chi connectivity index (χ3n) is 6.47. The Labute approximate surface area is 222 Å². The molecule has 0 aromatic carbocycles. The van der Waals surface area contributed by atoms with Crippen LogP contribution in [0.2, 0.25) is 4.34 Å². The van der Waals surface area contributed by atoms with Crippen LogP contribution in [-0.4, -0.2) is 72.3 Å². The van der Waals surface area contributed by atoms with Crippen LogP contribution in [0.25, 0.3) is 6.08 Å². The van der Waals surface area contributed by atoms with Crippen LogP contribution in [-0.2, 0) is 22.6 Å². The van der Waals surface area contributed by atoms with Crippen LogP contribution in [0.15, 0.2) is 18.0 Å². The lowest BCUT2D eigenvalue weighted by Crippen LogP contribution is -2.56. The maximum absolute atomic E-state index is 14.6. The van der Waals surface area contributed by atoms with Gasteiger partial charge in [-0.3, -0.25) is 14.4 Å². The molecule has 36 heavy (non-hydrogen) atoms. The normalized spacial score (nSPS) is 22.6. The molecule has 1 aliphatic heterocycles. The fraction of sp³-hybridized carbons (Fsp3) is 0.500. The Bertz CT molecular complexity index is 1180. The summed E-state index contributed by atoms with van der Waals surface area (Å²) >= 11 is 8.42. The van der Waals surface area contributed by atoms with Crippen molar-refractivity contribution in [3.63, 3.8) is 0 Å². The van der Waals surface area contributed by atoms with E-state index < -0.39 is 23.8 Å². The lowest BCUT2D eigenvalue weighted by atomic mass is 9.81. The summed E-state index contributed by atoms with van der Waals surface area (Å²) in [6, 6.07) is 2.19. The molecule has 3 amide bonds. The zero-order chi connectivity index (χ0) is 26.0. The minimum absolute atomic E-state index is 0.0348. The van der Waals surface area contributed by atoms with Gasteiger partial charge in [-0.05, 0) is 44.5 Å². The van der Waals surface area contributed by atoms with Crippen LogP contribution in [0.5, 0.6) is 0 Å². The summed E-state index contributed by atoms with van der Waals surface area (Å²) in [7, 11) is 5.41. The van der Waals surface area contributed by atoms with Gasteiger partial charge in [0, 0.05) is 55.3 Å². The van der Waals surface area contributed by atoms with Gasteiger partial charge in [0.25, 0.3) is 11.8 Å². The third kappa shape index (κ3) is 6.31. The second-order valence-electron chi connectivity index (χ2n) is 9.41. The van der Waals surface area contributed by atoms with Gasteiger partial charge in [0.05, 0.1) is 16.1 Å². The molecule has 3 heterocycles. The SMILES string of the molecule is CN1CCc2nc(C(=O)N[C@@H]3CC(C(=O)N(C)C)CC[C@@H]3NC(=O)/C(F)=C/c3ccc(Cl)s3)sc2C1. The first-order valence-corrected chi connectivity index (χ1v) is 13.7. The molecule has 2 aromatic heterocycles. The van der Waals surface area contributed by atoms with E-state index >= 15 is 0 Å². The van der Waals surface area contributed by atoms with Crippen molar-refractivity contribution in [3.05, 3.63) is 42.8 Å². The molecule has 2 aromatic rings. The first-order valence-electron chi connectivity index (χ1n) is 11.7. The quantitative estimate of drug-likeness (QED) is 0.535. The van der Waals surface area contributed by atoms with Crippen LogP contribution in [0.4, 0.5) is 4.39 Å². The Morgan fingerprint density at radius 2 is 1.97 bits per heavy atom. The summed E-state index contributed by atoms with van der Waals surface area (Å²) in [5.74, 6) is -2.49. The Kier molecular flexibility index (Phi) is 8.44. The minimum atomic E-state index is -0.943. The van der Waals surface area contributed by atoms with E-state index in [4.69, 9.17) is 11.6 Å². The Morgan fingerprint density at radius 3 is 2.67 bits per heavy atom. The molecular weight excluding hydrogens is 525 g/mol. The number of nitrogens with one attached hydrogen (secondary N) is 2. The molecule has 4 rings (SSSR count).